The maximum absolute atomic E-state index is 2.40. The first-order valence-corrected chi connectivity index (χ1v) is 4.28. The summed E-state index contributed by atoms with van der Waals surface area (Å²) < 4.78 is 0. The summed E-state index contributed by atoms with van der Waals surface area (Å²) >= 11 is 0. The van der Waals surface area contributed by atoms with Crippen LogP contribution < -0.4 is 0 Å². The molecule has 1 unspecified atom stereocenters. The molecule has 0 aromatic rings. The van der Waals surface area contributed by atoms with Crippen LogP contribution in [0.1, 0.15) is 27.7 Å². The van der Waals surface area contributed by atoms with Crippen LogP contribution in [0.3, 0.4) is 0 Å². The number of allylic oxidation sites excluding steroid dienone is 3. The molecule has 0 aliphatic carbocycles. The molecule has 0 fully saturated rings. The van der Waals surface area contributed by atoms with E-state index in [4.69, 9.17) is 0 Å². The summed E-state index contributed by atoms with van der Waals surface area (Å²) in [6.07, 6.45) is 4.54. The largest absolute Gasteiger partial charge is 0.369 e. The second kappa shape index (κ2) is 3.12. The summed E-state index contributed by atoms with van der Waals surface area (Å²) in [6.45, 7) is 9.88. The van der Waals surface area contributed by atoms with E-state index in [-0.39, 0.29) is 0 Å². The first-order valence-electron chi connectivity index (χ1n) is 4.28. The summed E-state index contributed by atoms with van der Waals surface area (Å²) in [6, 6.07) is 0.574. The van der Waals surface area contributed by atoms with Gasteiger partial charge in [0.2, 0.25) is 0 Å². The van der Waals surface area contributed by atoms with Gasteiger partial charge >= 0.3 is 0 Å². The Morgan fingerprint density at radius 3 is 2.55 bits per heavy atom. The van der Waals surface area contributed by atoms with E-state index in [1.54, 1.807) is 0 Å². The van der Waals surface area contributed by atoms with Crippen molar-refractivity contribution >= 4 is 0 Å². The smallest absolute Gasteiger partial charge is 0.0447 e. The lowest BCUT2D eigenvalue weighted by molar-refractivity contribution is 0.318. The van der Waals surface area contributed by atoms with Crippen LogP contribution >= 0.6 is 0 Å². The fourth-order valence-corrected chi connectivity index (χ4v) is 1.79. The third-order valence-electron chi connectivity index (χ3n) is 2.23. The lowest BCUT2D eigenvalue weighted by atomic mass is 10.1. The van der Waals surface area contributed by atoms with Crippen molar-refractivity contribution in [3.05, 3.63) is 23.4 Å². The zero-order chi connectivity index (χ0) is 8.43. The van der Waals surface area contributed by atoms with E-state index in [1.165, 1.54) is 11.3 Å². The van der Waals surface area contributed by atoms with E-state index >= 15 is 0 Å². The maximum atomic E-state index is 2.40. The van der Waals surface area contributed by atoms with Gasteiger partial charge in [-0.25, -0.2) is 0 Å². The monoisotopic (exact) mass is 151 g/mol. The molecule has 1 rings (SSSR count). The molecule has 1 atom stereocenters. The molecule has 1 aliphatic rings. The van der Waals surface area contributed by atoms with Crippen LogP contribution in [0.25, 0.3) is 0 Å². The highest BCUT2D eigenvalue weighted by Gasteiger charge is 2.13. The second-order valence-electron chi connectivity index (χ2n) is 3.22. The maximum Gasteiger partial charge on any atom is 0.0447 e. The Labute approximate surface area is 69.4 Å². The Morgan fingerprint density at radius 1 is 1.45 bits per heavy atom. The van der Waals surface area contributed by atoms with Crippen molar-refractivity contribution in [3.8, 4) is 0 Å². The molecule has 0 saturated carbocycles. The van der Waals surface area contributed by atoms with Gasteiger partial charge in [-0.1, -0.05) is 11.6 Å². The topological polar surface area (TPSA) is 3.24 Å². The minimum atomic E-state index is 0.574. The summed E-state index contributed by atoms with van der Waals surface area (Å²) in [5, 5.41) is 0. The van der Waals surface area contributed by atoms with E-state index in [9.17, 15) is 0 Å². The van der Waals surface area contributed by atoms with Crippen molar-refractivity contribution < 1.29 is 0 Å². The van der Waals surface area contributed by atoms with Crippen molar-refractivity contribution in [1.82, 2.24) is 4.90 Å². The molecule has 62 valence electrons. The first-order chi connectivity index (χ1) is 5.15. The summed E-state index contributed by atoms with van der Waals surface area (Å²) in [4.78, 5) is 2.40. The molecule has 0 bridgehead atoms. The van der Waals surface area contributed by atoms with Gasteiger partial charge in [0.25, 0.3) is 0 Å². The van der Waals surface area contributed by atoms with Crippen LogP contribution in [-0.4, -0.2) is 17.5 Å². The van der Waals surface area contributed by atoms with Crippen LogP contribution in [0.4, 0.5) is 0 Å². The molecular weight excluding hydrogens is 134 g/mol. The molecule has 1 heterocycles. The minimum Gasteiger partial charge on any atom is -0.369 e. The summed E-state index contributed by atoms with van der Waals surface area (Å²) in [5.74, 6) is 0. The fourth-order valence-electron chi connectivity index (χ4n) is 1.79. The number of rotatable bonds is 1. The lowest BCUT2D eigenvalue weighted by Crippen LogP contribution is -2.31. The van der Waals surface area contributed by atoms with Crippen LogP contribution in [0.15, 0.2) is 23.4 Å². The molecule has 1 heteroatoms. The van der Waals surface area contributed by atoms with Crippen LogP contribution in [0.5, 0.6) is 0 Å². The molecule has 0 aromatic heterocycles. The number of nitrogens with zero attached hydrogens (tertiary/aromatic N) is 1. The molecule has 11 heavy (non-hydrogen) atoms. The van der Waals surface area contributed by atoms with Crippen molar-refractivity contribution in [1.29, 1.82) is 0 Å². The van der Waals surface area contributed by atoms with Gasteiger partial charge in [-0.05, 0) is 33.8 Å². The van der Waals surface area contributed by atoms with E-state index < -0.39 is 0 Å². The fraction of sp³-hybridized carbons (Fsp3) is 0.600. The van der Waals surface area contributed by atoms with Gasteiger partial charge in [0.1, 0.15) is 0 Å². The zero-order valence-electron chi connectivity index (χ0n) is 7.89. The highest BCUT2D eigenvalue weighted by atomic mass is 15.2. The normalized spacial score (nSPS) is 24.7. The first kappa shape index (κ1) is 8.38. The van der Waals surface area contributed by atoms with E-state index in [0.29, 0.717) is 6.04 Å². The quantitative estimate of drug-likeness (QED) is 0.556. The molecule has 0 N–H and O–H groups in total. The molecule has 0 saturated heterocycles. The third kappa shape index (κ3) is 1.65. The average molecular weight is 151 g/mol. The summed E-state index contributed by atoms with van der Waals surface area (Å²) in [5.41, 5.74) is 2.78. The van der Waals surface area contributed by atoms with Crippen LogP contribution in [0, 0.1) is 0 Å². The zero-order valence-corrected chi connectivity index (χ0v) is 7.89. The van der Waals surface area contributed by atoms with Crippen LogP contribution in [0.2, 0.25) is 0 Å². The predicted molar refractivity (Wildman–Crippen MR) is 49.4 cm³/mol. The third-order valence-corrected chi connectivity index (χ3v) is 2.23. The van der Waals surface area contributed by atoms with Gasteiger partial charge in [0.15, 0.2) is 0 Å². The standard InChI is InChI=1S/C10H17N/c1-5-11-9(3)6-8(2)7-10(11)4/h6-7,9H,5H2,1-4H3. The molecular formula is C10H17N. The summed E-state index contributed by atoms with van der Waals surface area (Å²) in [7, 11) is 0. The van der Waals surface area contributed by atoms with Gasteiger partial charge in [0.05, 0.1) is 0 Å². The molecule has 1 nitrogen and oxygen atoms in total. The van der Waals surface area contributed by atoms with Gasteiger partial charge < -0.3 is 4.90 Å². The van der Waals surface area contributed by atoms with Crippen molar-refractivity contribution in [3.63, 3.8) is 0 Å². The SMILES string of the molecule is CCN1C(C)=CC(C)=CC1C. The molecule has 0 spiro atoms. The van der Waals surface area contributed by atoms with Crippen molar-refractivity contribution in [2.75, 3.05) is 6.54 Å². The number of hydrogen-bond acceptors (Lipinski definition) is 1. The van der Waals surface area contributed by atoms with E-state index in [2.05, 4.69) is 44.7 Å². The Balaban J connectivity index is 2.82. The molecule has 0 aromatic carbocycles. The molecule has 1 aliphatic heterocycles. The Morgan fingerprint density at radius 2 is 2.09 bits per heavy atom. The van der Waals surface area contributed by atoms with Crippen molar-refractivity contribution in [2.24, 2.45) is 0 Å². The van der Waals surface area contributed by atoms with E-state index in [0.717, 1.165) is 6.54 Å². The minimum absolute atomic E-state index is 0.574. The van der Waals surface area contributed by atoms with Gasteiger partial charge in [-0.2, -0.15) is 0 Å². The number of likely N-dealkylation sites (N-methyl/N-ethyl adjacent to an activating group) is 1. The van der Waals surface area contributed by atoms with E-state index in [1.807, 2.05) is 0 Å². The van der Waals surface area contributed by atoms with Gasteiger partial charge in [-0.3, -0.25) is 0 Å². The Hall–Kier alpha value is -0.720. The van der Waals surface area contributed by atoms with Crippen molar-refractivity contribution in [2.45, 2.75) is 33.7 Å². The van der Waals surface area contributed by atoms with Crippen LogP contribution in [-0.2, 0) is 0 Å². The lowest BCUT2D eigenvalue weighted by Gasteiger charge is -2.32. The molecule has 0 amide bonds. The Kier molecular flexibility index (Phi) is 2.38. The average Bonchev–Trinajstić information content (AvgIpc) is 1.85. The van der Waals surface area contributed by atoms with Gasteiger partial charge in [0, 0.05) is 18.3 Å². The second-order valence-corrected chi connectivity index (χ2v) is 3.22. The highest BCUT2D eigenvalue weighted by molar-refractivity contribution is 5.26. The number of hydrogen-bond donors (Lipinski definition) is 0. The molecule has 0 radical (unpaired) electrons. The van der Waals surface area contributed by atoms with Gasteiger partial charge in [-0.15, -0.1) is 0 Å². The predicted octanol–water partition coefficient (Wildman–Crippen LogP) is 2.56. The Bertz CT molecular complexity index is 201. The highest BCUT2D eigenvalue weighted by Crippen LogP contribution is 2.18.